The number of fused-ring (bicyclic) bond motifs is 1. The van der Waals surface area contributed by atoms with Gasteiger partial charge in [0.2, 0.25) is 5.89 Å². The highest BCUT2D eigenvalue weighted by Gasteiger charge is 2.20. The second-order valence-electron chi connectivity index (χ2n) is 8.97. The average Bonchev–Trinajstić information content (AvgIpc) is 3.47. The van der Waals surface area contributed by atoms with Gasteiger partial charge in [-0.2, -0.15) is 0 Å². The number of benzene rings is 2. The summed E-state index contributed by atoms with van der Waals surface area (Å²) in [6.07, 6.45) is 3.12. The van der Waals surface area contributed by atoms with Crippen molar-refractivity contribution in [1.29, 1.82) is 0 Å². The van der Waals surface area contributed by atoms with Crippen molar-refractivity contribution in [3.05, 3.63) is 81.6 Å². The molecule has 0 aliphatic carbocycles. The predicted octanol–water partition coefficient (Wildman–Crippen LogP) is 8.01. The molecular formula is C29H33N3O3S. The van der Waals surface area contributed by atoms with Crippen LogP contribution < -0.4 is 10.3 Å². The highest BCUT2D eigenvalue weighted by Crippen LogP contribution is 2.41. The van der Waals surface area contributed by atoms with Crippen LogP contribution in [0.3, 0.4) is 0 Å². The van der Waals surface area contributed by atoms with Crippen LogP contribution in [0.15, 0.2) is 57.9 Å². The molecule has 3 heterocycles. The number of ether oxygens (including phenoxy) is 1. The van der Waals surface area contributed by atoms with Gasteiger partial charge in [0.05, 0.1) is 4.88 Å². The van der Waals surface area contributed by atoms with Crippen molar-refractivity contribution in [2.45, 2.75) is 48.0 Å². The summed E-state index contributed by atoms with van der Waals surface area (Å²) in [4.78, 5) is 13.7. The summed E-state index contributed by atoms with van der Waals surface area (Å²) in [5, 5.41) is 8.90. The molecule has 2 aromatic carbocycles. The van der Waals surface area contributed by atoms with Gasteiger partial charge in [0, 0.05) is 38.1 Å². The number of aromatic nitrogens is 3. The molecule has 0 aliphatic rings. The lowest BCUT2D eigenvalue weighted by molar-refractivity contribution is 0.477. The van der Waals surface area contributed by atoms with E-state index < -0.39 is 0 Å². The van der Waals surface area contributed by atoms with E-state index in [9.17, 15) is 4.79 Å². The first kappa shape index (κ1) is 25.4. The molecule has 3 aromatic heterocycles. The van der Waals surface area contributed by atoms with E-state index >= 15 is 0 Å². The third-order valence-electron chi connectivity index (χ3n) is 5.64. The van der Waals surface area contributed by atoms with E-state index in [2.05, 4.69) is 30.1 Å². The molecule has 0 saturated heterocycles. The minimum atomic E-state index is -0.0638. The molecule has 7 heteroatoms. The number of thiophene rings is 1. The quantitative estimate of drug-likeness (QED) is 0.248. The molecule has 0 amide bonds. The molecule has 6 nitrogen and oxygen atoms in total. The molecule has 0 N–H and O–H groups in total. The second kappa shape index (κ2) is 10.5. The molecule has 5 rings (SSSR count). The Labute approximate surface area is 216 Å². The first-order chi connectivity index (χ1) is 17.2. The van der Waals surface area contributed by atoms with E-state index in [-0.39, 0.29) is 6.99 Å². The lowest BCUT2D eigenvalue weighted by atomic mass is 10.0. The lowest BCUT2D eigenvalue weighted by Crippen LogP contribution is -2.15. The highest BCUT2D eigenvalue weighted by atomic mass is 32.1. The zero-order valence-corrected chi connectivity index (χ0v) is 22.6. The van der Waals surface area contributed by atoms with Crippen molar-refractivity contribution in [1.82, 2.24) is 14.8 Å². The topological polar surface area (TPSA) is 70.2 Å². The van der Waals surface area contributed by atoms with Crippen molar-refractivity contribution < 1.29 is 10.6 Å². The van der Waals surface area contributed by atoms with Gasteiger partial charge in [-0.25, -0.2) is 0 Å². The fourth-order valence-corrected chi connectivity index (χ4v) is 5.04. The standard InChI is InChI=1S/C26H23N3O3S.C3H8.H2/c1-14-9-10-21(32-23-15(2)7-6-8-16(23)3)18(11-14)20-13-29(5)26(30)24-19(20)12-22(33-24)25-28-27-17(4)31-25;1-3-2;/h6-13H,1-5H3;3H2,1-2H3;1H. The van der Waals surface area contributed by atoms with Gasteiger partial charge < -0.3 is 13.7 Å². The molecule has 0 spiro atoms. The first-order valence-corrected chi connectivity index (χ1v) is 12.8. The normalized spacial score (nSPS) is 10.9. The molecule has 36 heavy (non-hydrogen) atoms. The number of para-hydroxylation sites is 1. The van der Waals surface area contributed by atoms with Crippen molar-refractivity contribution in [3.8, 4) is 33.4 Å². The number of pyridine rings is 1. The van der Waals surface area contributed by atoms with Gasteiger partial charge in [0.1, 0.15) is 16.2 Å². The summed E-state index contributed by atoms with van der Waals surface area (Å²) in [5.41, 5.74) is 5.00. The van der Waals surface area contributed by atoms with Gasteiger partial charge in [-0.15, -0.1) is 21.5 Å². The third kappa shape index (κ3) is 4.97. The summed E-state index contributed by atoms with van der Waals surface area (Å²) in [5.74, 6) is 2.48. The molecule has 0 bridgehead atoms. The van der Waals surface area contributed by atoms with Gasteiger partial charge in [-0.1, -0.05) is 50.1 Å². The maximum Gasteiger partial charge on any atom is 0.268 e. The van der Waals surface area contributed by atoms with Crippen LogP contribution in [0.4, 0.5) is 0 Å². The number of nitrogens with zero attached hydrogens (tertiary/aromatic N) is 3. The average molecular weight is 504 g/mol. The van der Waals surface area contributed by atoms with Gasteiger partial charge in [0.25, 0.3) is 11.4 Å². The Hall–Kier alpha value is -3.71. The Morgan fingerprint density at radius 2 is 1.69 bits per heavy atom. The number of rotatable bonds is 4. The maximum absolute atomic E-state index is 13.0. The predicted molar refractivity (Wildman–Crippen MR) is 149 cm³/mol. The molecule has 5 aromatic rings. The highest BCUT2D eigenvalue weighted by molar-refractivity contribution is 7.22. The Morgan fingerprint density at radius 3 is 2.33 bits per heavy atom. The van der Waals surface area contributed by atoms with Crippen LogP contribution >= 0.6 is 11.3 Å². The van der Waals surface area contributed by atoms with Crippen molar-refractivity contribution in [2.75, 3.05) is 0 Å². The molecule has 0 aliphatic heterocycles. The molecule has 0 radical (unpaired) electrons. The van der Waals surface area contributed by atoms with Crippen LogP contribution in [-0.2, 0) is 7.05 Å². The van der Waals surface area contributed by atoms with Gasteiger partial charge in [-0.3, -0.25) is 4.79 Å². The summed E-state index contributed by atoms with van der Waals surface area (Å²) >= 11 is 1.36. The van der Waals surface area contributed by atoms with Crippen molar-refractivity contribution in [2.24, 2.45) is 7.05 Å². The van der Waals surface area contributed by atoms with Crippen LogP contribution in [0.25, 0.3) is 32.0 Å². The van der Waals surface area contributed by atoms with Crippen LogP contribution in [0.5, 0.6) is 11.5 Å². The zero-order valence-electron chi connectivity index (χ0n) is 21.8. The monoisotopic (exact) mass is 503 g/mol. The Balaban J connectivity index is 0.000000908. The van der Waals surface area contributed by atoms with Crippen LogP contribution in [0.1, 0.15) is 44.3 Å². The first-order valence-electron chi connectivity index (χ1n) is 12.0. The lowest BCUT2D eigenvalue weighted by Gasteiger charge is -2.16. The van der Waals surface area contributed by atoms with E-state index in [1.165, 1.54) is 17.8 Å². The molecule has 0 saturated carbocycles. The second-order valence-corrected chi connectivity index (χ2v) is 10.0. The number of hydrogen-bond donors (Lipinski definition) is 0. The minimum Gasteiger partial charge on any atom is -0.456 e. The molecule has 0 atom stereocenters. The number of hydrogen-bond acceptors (Lipinski definition) is 6. The summed E-state index contributed by atoms with van der Waals surface area (Å²) in [6.45, 7) is 12.1. The Kier molecular flexibility index (Phi) is 7.40. The third-order valence-corrected chi connectivity index (χ3v) is 6.75. The maximum atomic E-state index is 13.0. The molecular weight excluding hydrogens is 470 g/mol. The van der Waals surface area contributed by atoms with Gasteiger partial charge in [0.15, 0.2) is 0 Å². The van der Waals surface area contributed by atoms with E-state index in [1.54, 1.807) is 18.5 Å². The van der Waals surface area contributed by atoms with E-state index in [1.807, 2.05) is 63.4 Å². The van der Waals surface area contributed by atoms with E-state index in [0.717, 1.165) is 49.6 Å². The molecule has 0 unspecified atom stereocenters. The SMILES string of the molecule is CCC.Cc1ccc(Oc2c(C)cccc2C)c(-c2cn(C)c(=O)c3sc(-c4nnc(C)o4)cc23)c1.[HH]. The Morgan fingerprint density at radius 1 is 1.00 bits per heavy atom. The van der Waals surface area contributed by atoms with E-state index in [0.29, 0.717) is 16.5 Å². The molecule has 0 fully saturated rings. The van der Waals surface area contributed by atoms with Crippen molar-refractivity contribution >= 4 is 21.4 Å². The van der Waals surface area contributed by atoms with Crippen LogP contribution in [0, 0.1) is 27.7 Å². The summed E-state index contributed by atoms with van der Waals surface area (Å²) < 4.78 is 14.3. The number of aryl methyl sites for hydroxylation is 5. The van der Waals surface area contributed by atoms with E-state index in [4.69, 9.17) is 9.15 Å². The minimum absolute atomic E-state index is 0. The smallest absolute Gasteiger partial charge is 0.268 e. The summed E-state index contributed by atoms with van der Waals surface area (Å²) in [6, 6.07) is 14.2. The fourth-order valence-electron chi connectivity index (χ4n) is 3.96. The molecule has 188 valence electrons. The zero-order chi connectivity index (χ0) is 26.0. The largest absolute Gasteiger partial charge is 0.456 e. The Bertz CT molecular complexity index is 1580. The summed E-state index contributed by atoms with van der Waals surface area (Å²) in [7, 11) is 1.77. The van der Waals surface area contributed by atoms with Crippen molar-refractivity contribution in [3.63, 3.8) is 0 Å². The van der Waals surface area contributed by atoms with Gasteiger partial charge in [-0.05, 0) is 50.1 Å². The fraction of sp³-hybridized carbons (Fsp3) is 0.276. The van der Waals surface area contributed by atoms with Crippen LogP contribution in [-0.4, -0.2) is 14.8 Å². The van der Waals surface area contributed by atoms with Gasteiger partial charge >= 0.3 is 0 Å². The van der Waals surface area contributed by atoms with Crippen LogP contribution in [0.2, 0.25) is 0 Å².